The van der Waals surface area contributed by atoms with E-state index in [4.69, 9.17) is 4.74 Å². The average molecular weight is 389 g/mol. The van der Waals surface area contributed by atoms with Gasteiger partial charge in [0.2, 0.25) is 0 Å². The van der Waals surface area contributed by atoms with Gasteiger partial charge in [-0.25, -0.2) is 8.42 Å². The van der Waals surface area contributed by atoms with Crippen molar-refractivity contribution in [2.75, 3.05) is 31.5 Å². The molecule has 3 rings (SSSR count). The maximum atomic E-state index is 12.7. The van der Waals surface area contributed by atoms with E-state index in [0.29, 0.717) is 23.5 Å². The van der Waals surface area contributed by atoms with Gasteiger partial charge in [-0.2, -0.15) is 0 Å². The van der Waals surface area contributed by atoms with Gasteiger partial charge in [0.25, 0.3) is 15.9 Å². The van der Waals surface area contributed by atoms with Gasteiger partial charge in [0.15, 0.2) is 0 Å². The van der Waals surface area contributed by atoms with Crippen LogP contribution in [0.4, 0.5) is 5.69 Å². The number of nitrogens with zero attached hydrogens (tertiary/aromatic N) is 1. The number of rotatable bonds is 5. The van der Waals surface area contributed by atoms with E-state index in [-0.39, 0.29) is 16.8 Å². The second kappa shape index (κ2) is 7.98. The van der Waals surface area contributed by atoms with Gasteiger partial charge >= 0.3 is 0 Å². The zero-order valence-electron chi connectivity index (χ0n) is 15.3. The number of nitrogens with one attached hydrogen (secondary N) is 2. The molecule has 2 N–H and O–H groups in total. The Morgan fingerprint density at radius 3 is 2.56 bits per heavy atom. The molecule has 1 heterocycles. The number of carbonyl (C=O) groups excluding carboxylic acids is 1. The molecule has 1 amide bonds. The van der Waals surface area contributed by atoms with E-state index < -0.39 is 10.0 Å². The molecular formula is C19H23N3O4S. The lowest BCUT2D eigenvalue weighted by Gasteiger charge is -2.34. The van der Waals surface area contributed by atoms with Crippen molar-refractivity contribution >= 4 is 21.6 Å². The largest absolute Gasteiger partial charge is 0.495 e. The van der Waals surface area contributed by atoms with Gasteiger partial charge in [-0.15, -0.1) is 0 Å². The van der Waals surface area contributed by atoms with Gasteiger partial charge in [-0.3, -0.25) is 9.52 Å². The van der Waals surface area contributed by atoms with Gasteiger partial charge < -0.3 is 15.0 Å². The number of para-hydroxylation sites is 2. The van der Waals surface area contributed by atoms with Crippen LogP contribution in [0.3, 0.4) is 0 Å². The molecule has 0 bridgehead atoms. The number of sulfonamides is 1. The van der Waals surface area contributed by atoms with Crippen LogP contribution >= 0.6 is 0 Å². The highest BCUT2D eigenvalue weighted by Gasteiger charge is 2.24. The van der Waals surface area contributed by atoms with E-state index in [1.54, 1.807) is 41.3 Å². The third kappa shape index (κ3) is 4.23. The molecule has 1 atom stereocenters. The Hall–Kier alpha value is -2.58. The van der Waals surface area contributed by atoms with Gasteiger partial charge in [0.1, 0.15) is 5.75 Å². The summed E-state index contributed by atoms with van der Waals surface area (Å²) in [7, 11) is -2.31. The van der Waals surface area contributed by atoms with Crippen LogP contribution in [-0.2, 0) is 10.0 Å². The summed E-state index contributed by atoms with van der Waals surface area (Å²) in [6.45, 7) is 4.13. The molecule has 7 nitrogen and oxygen atoms in total. The van der Waals surface area contributed by atoms with Crippen LogP contribution in [0.15, 0.2) is 53.4 Å². The van der Waals surface area contributed by atoms with E-state index in [0.717, 1.165) is 13.1 Å². The number of ether oxygens (including phenoxy) is 1. The van der Waals surface area contributed by atoms with Crippen LogP contribution in [0, 0.1) is 0 Å². The molecule has 0 aliphatic carbocycles. The molecule has 0 radical (unpaired) electrons. The second-order valence-electron chi connectivity index (χ2n) is 6.38. The molecule has 1 saturated heterocycles. The predicted molar refractivity (Wildman–Crippen MR) is 104 cm³/mol. The number of carbonyl (C=O) groups is 1. The summed E-state index contributed by atoms with van der Waals surface area (Å²) in [5.41, 5.74) is 0.829. The number of piperazine rings is 1. The summed E-state index contributed by atoms with van der Waals surface area (Å²) in [5.74, 6) is 0.339. The lowest BCUT2D eigenvalue weighted by atomic mass is 10.1. The fraction of sp³-hybridized carbons (Fsp3) is 0.316. The zero-order chi connectivity index (χ0) is 19.4. The molecule has 2 aromatic rings. The minimum Gasteiger partial charge on any atom is -0.495 e. The molecule has 1 aliphatic heterocycles. The van der Waals surface area contributed by atoms with E-state index in [1.165, 1.54) is 19.2 Å². The van der Waals surface area contributed by atoms with Gasteiger partial charge in [0.05, 0.1) is 17.7 Å². The smallest absolute Gasteiger partial charge is 0.262 e. The molecule has 1 fully saturated rings. The summed E-state index contributed by atoms with van der Waals surface area (Å²) in [5, 5.41) is 3.24. The van der Waals surface area contributed by atoms with Crippen molar-refractivity contribution in [2.45, 2.75) is 17.9 Å². The Kier molecular flexibility index (Phi) is 5.67. The normalized spacial score (nSPS) is 17.4. The van der Waals surface area contributed by atoms with Gasteiger partial charge in [-0.1, -0.05) is 12.1 Å². The van der Waals surface area contributed by atoms with Crippen molar-refractivity contribution < 1.29 is 17.9 Å². The first kappa shape index (κ1) is 19.2. The highest BCUT2D eigenvalue weighted by atomic mass is 32.2. The Balaban J connectivity index is 1.78. The summed E-state index contributed by atoms with van der Waals surface area (Å²) in [6.07, 6.45) is 0. The van der Waals surface area contributed by atoms with Crippen LogP contribution in [0.25, 0.3) is 0 Å². The predicted octanol–water partition coefficient (Wildman–Crippen LogP) is 1.93. The summed E-state index contributed by atoms with van der Waals surface area (Å²) in [4.78, 5) is 14.5. The molecular weight excluding hydrogens is 366 g/mol. The first-order valence-electron chi connectivity index (χ1n) is 8.70. The van der Waals surface area contributed by atoms with Crippen LogP contribution < -0.4 is 14.8 Å². The second-order valence-corrected chi connectivity index (χ2v) is 8.06. The molecule has 8 heteroatoms. The molecule has 0 spiro atoms. The SMILES string of the molecule is COc1ccccc1NS(=O)(=O)c1ccc(C(=O)N2CCNC[C@@H]2C)cc1. The van der Waals surface area contributed by atoms with E-state index >= 15 is 0 Å². The van der Waals surface area contributed by atoms with Gasteiger partial charge in [0, 0.05) is 31.2 Å². The van der Waals surface area contributed by atoms with Crippen LogP contribution in [0.2, 0.25) is 0 Å². The molecule has 0 unspecified atom stereocenters. The Morgan fingerprint density at radius 2 is 1.89 bits per heavy atom. The van der Waals surface area contributed by atoms with Crippen molar-refractivity contribution in [3.63, 3.8) is 0 Å². The number of hydrogen-bond donors (Lipinski definition) is 2. The maximum Gasteiger partial charge on any atom is 0.262 e. The first-order valence-corrected chi connectivity index (χ1v) is 10.2. The van der Waals surface area contributed by atoms with Crippen molar-refractivity contribution in [1.29, 1.82) is 0 Å². The highest BCUT2D eigenvalue weighted by molar-refractivity contribution is 7.92. The topological polar surface area (TPSA) is 87.7 Å². The molecule has 2 aromatic carbocycles. The van der Waals surface area contributed by atoms with Crippen molar-refractivity contribution in [2.24, 2.45) is 0 Å². The maximum absolute atomic E-state index is 12.7. The number of methoxy groups -OCH3 is 1. The minimum atomic E-state index is -3.79. The van der Waals surface area contributed by atoms with Crippen LogP contribution in [-0.4, -0.2) is 52.0 Å². The van der Waals surface area contributed by atoms with E-state index in [2.05, 4.69) is 10.0 Å². The van der Waals surface area contributed by atoms with Crippen molar-refractivity contribution in [3.8, 4) is 5.75 Å². The third-order valence-corrected chi connectivity index (χ3v) is 5.91. The zero-order valence-corrected chi connectivity index (χ0v) is 16.1. The number of anilines is 1. The molecule has 1 aliphatic rings. The molecule has 0 saturated carbocycles. The Bertz CT molecular complexity index is 913. The Labute approximate surface area is 159 Å². The monoisotopic (exact) mass is 389 g/mol. The third-order valence-electron chi connectivity index (χ3n) is 4.53. The summed E-state index contributed by atoms with van der Waals surface area (Å²) in [6, 6.07) is 12.9. The fourth-order valence-electron chi connectivity index (χ4n) is 3.02. The first-order chi connectivity index (χ1) is 12.9. The van der Waals surface area contributed by atoms with Crippen LogP contribution in [0.1, 0.15) is 17.3 Å². The Morgan fingerprint density at radius 1 is 1.19 bits per heavy atom. The quantitative estimate of drug-likeness (QED) is 0.816. The number of amides is 1. The average Bonchev–Trinajstić information content (AvgIpc) is 2.68. The van der Waals surface area contributed by atoms with Crippen molar-refractivity contribution in [1.82, 2.24) is 10.2 Å². The lowest BCUT2D eigenvalue weighted by Crippen LogP contribution is -2.52. The van der Waals surface area contributed by atoms with E-state index in [9.17, 15) is 13.2 Å². The van der Waals surface area contributed by atoms with Crippen LogP contribution in [0.5, 0.6) is 5.75 Å². The fourth-order valence-corrected chi connectivity index (χ4v) is 4.09. The highest BCUT2D eigenvalue weighted by Crippen LogP contribution is 2.26. The summed E-state index contributed by atoms with van der Waals surface area (Å²) >= 11 is 0. The summed E-state index contributed by atoms with van der Waals surface area (Å²) < 4.78 is 33.0. The number of hydrogen-bond acceptors (Lipinski definition) is 5. The lowest BCUT2D eigenvalue weighted by molar-refractivity contribution is 0.0655. The molecule has 27 heavy (non-hydrogen) atoms. The van der Waals surface area contributed by atoms with Gasteiger partial charge in [-0.05, 0) is 43.3 Å². The molecule has 0 aromatic heterocycles. The minimum absolute atomic E-state index is 0.0818. The molecule has 144 valence electrons. The van der Waals surface area contributed by atoms with E-state index in [1.807, 2.05) is 6.92 Å². The standard InChI is InChI=1S/C19H23N3O4S/c1-14-13-20-11-12-22(14)19(23)15-7-9-16(10-8-15)27(24,25)21-17-5-3-4-6-18(17)26-2/h3-10,14,20-21H,11-13H2,1-2H3/t14-/m0/s1. The number of benzene rings is 2. The van der Waals surface area contributed by atoms with Crippen molar-refractivity contribution in [3.05, 3.63) is 54.1 Å².